The Labute approximate surface area is 179 Å². The normalized spacial score (nSPS) is 20.2. The second kappa shape index (κ2) is 11.5. The van der Waals surface area contributed by atoms with Crippen molar-refractivity contribution in [2.24, 2.45) is 10.7 Å². The third-order valence-corrected chi connectivity index (χ3v) is 5.36. The van der Waals surface area contributed by atoms with Crippen LogP contribution in [0.3, 0.4) is 0 Å². The number of carboxylic acid groups (broad SMARTS) is 1. The van der Waals surface area contributed by atoms with Crippen molar-refractivity contribution in [2.45, 2.75) is 24.9 Å². The van der Waals surface area contributed by atoms with Gasteiger partial charge in [-0.3, -0.25) is 9.69 Å². The Morgan fingerprint density at radius 3 is 2.43 bits per heavy atom. The number of carbonyl (C=O) groups is 1. The molecule has 1 aliphatic heterocycles. The number of nitrogens with two attached hydrogens (primary N) is 1. The van der Waals surface area contributed by atoms with Gasteiger partial charge >= 0.3 is 5.97 Å². The number of aliphatic carboxylic acids is 1. The lowest BCUT2D eigenvalue weighted by atomic mass is 9.99. The maximum atomic E-state index is 11.9. The van der Waals surface area contributed by atoms with E-state index in [0.29, 0.717) is 36.2 Å². The smallest absolute Gasteiger partial charge is 0.321 e. The topological polar surface area (TPSA) is 125 Å². The SMILES string of the molecule is BS(=O)(=O)NC1CCN(C(C/C(C=C)=C/C(C=C)=C(C=C)/C(N)=N\C=C)C(=O)O)C1. The summed E-state index contributed by atoms with van der Waals surface area (Å²) in [6, 6.07) is -1.15. The molecule has 1 rings (SSSR count). The van der Waals surface area contributed by atoms with Crippen molar-refractivity contribution < 1.29 is 18.3 Å². The lowest BCUT2D eigenvalue weighted by Crippen LogP contribution is -2.43. The molecular formula is C20H29BN4O4S. The highest BCUT2D eigenvalue weighted by atomic mass is 32.2. The van der Waals surface area contributed by atoms with Crippen molar-refractivity contribution in [3.05, 3.63) is 73.5 Å². The van der Waals surface area contributed by atoms with Crippen LogP contribution in [0.15, 0.2) is 78.5 Å². The van der Waals surface area contributed by atoms with E-state index in [0.717, 1.165) is 7.12 Å². The Hall–Kier alpha value is -2.69. The first kappa shape index (κ1) is 25.4. The summed E-state index contributed by atoms with van der Waals surface area (Å²) in [6.07, 6.45) is 8.44. The molecule has 8 nitrogen and oxygen atoms in total. The van der Waals surface area contributed by atoms with Gasteiger partial charge < -0.3 is 10.8 Å². The van der Waals surface area contributed by atoms with E-state index in [-0.39, 0.29) is 18.3 Å². The van der Waals surface area contributed by atoms with Gasteiger partial charge in [-0.15, -0.1) is 0 Å². The maximum absolute atomic E-state index is 11.9. The largest absolute Gasteiger partial charge is 0.480 e. The molecule has 0 aliphatic carbocycles. The van der Waals surface area contributed by atoms with Crippen LogP contribution in [0.2, 0.25) is 0 Å². The zero-order valence-electron chi connectivity index (χ0n) is 17.3. The fraction of sp³-hybridized carbons (Fsp3) is 0.300. The summed E-state index contributed by atoms with van der Waals surface area (Å²) in [7, 11) is -2.27. The van der Waals surface area contributed by atoms with Crippen molar-refractivity contribution in [3.63, 3.8) is 0 Å². The van der Waals surface area contributed by atoms with Crippen molar-refractivity contribution in [1.82, 2.24) is 9.62 Å². The van der Waals surface area contributed by atoms with Crippen LogP contribution in [0.1, 0.15) is 12.8 Å². The van der Waals surface area contributed by atoms with E-state index >= 15 is 0 Å². The fourth-order valence-corrected chi connectivity index (χ4v) is 4.05. The summed E-state index contributed by atoms with van der Waals surface area (Å²) in [6.45, 7) is 15.6. The first-order chi connectivity index (χ1) is 14.1. The van der Waals surface area contributed by atoms with Gasteiger partial charge in [0.2, 0.25) is 0 Å². The predicted molar refractivity (Wildman–Crippen MR) is 124 cm³/mol. The first-order valence-corrected chi connectivity index (χ1v) is 11.2. The number of carboxylic acids is 1. The van der Waals surface area contributed by atoms with Crippen LogP contribution in [0.4, 0.5) is 0 Å². The first-order valence-electron chi connectivity index (χ1n) is 9.27. The molecule has 0 aromatic rings. The molecule has 0 spiro atoms. The fourth-order valence-electron chi connectivity index (χ4n) is 3.25. The van der Waals surface area contributed by atoms with E-state index in [1.807, 2.05) is 0 Å². The third kappa shape index (κ3) is 7.62. The summed E-state index contributed by atoms with van der Waals surface area (Å²) in [5.74, 6) is -0.790. The van der Waals surface area contributed by atoms with Gasteiger partial charge in [-0.05, 0) is 24.0 Å². The minimum absolute atomic E-state index is 0.171. The van der Waals surface area contributed by atoms with Crippen LogP contribution in [0.5, 0.6) is 0 Å². The number of hydrogen-bond donors (Lipinski definition) is 3. The number of hydrogen-bond acceptors (Lipinski definition) is 5. The molecule has 1 heterocycles. The molecule has 0 saturated carbocycles. The monoisotopic (exact) mass is 432 g/mol. The third-order valence-electron chi connectivity index (χ3n) is 4.60. The Morgan fingerprint density at radius 1 is 1.30 bits per heavy atom. The van der Waals surface area contributed by atoms with Crippen LogP contribution < -0.4 is 10.5 Å². The molecule has 1 aliphatic rings. The molecule has 10 heteroatoms. The zero-order valence-corrected chi connectivity index (χ0v) is 18.1. The maximum Gasteiger partial charge on any atom is 0.321 e. The molecule has 2 atom stereocenters. The Kier molecular flexibility index (Phi) is 9.71. The molecule has 0 aromatic heterocycles. The van der Waals surface area contributed by atoms with Crippen LogP contribution in [-0.2, 0) is 14.7 Å². The van der Waals surface area contributed by atoms with E-state index in [1.165, 1.54) is 12.3 Å². The minimum atomic E-state index is -3.36. The average molecular weight is 432 g/mol. The van der Waals surface area contributed by atoms with Crippen molar-refractivity contribution in [3.8, 4) is 0 Å². The van der Waals surface area contributed by atoms with Crippen molar-refractivity contribution in [1.29, 1.82) is 0 Å². The van der Waals surface area contributed by atoms with Crippen LogP contribution in [0, 0.1) is 0 Å². The number of nitrogens with zero attached hydrogens (tertiary/aromatic N) is 2. The lowest BCUT2D eigenvalue weighted by Gasteiger charge is -2.25. The molecule has 162 valence electrons. The summed E-state index contributed by atoms with van der Waals surface area (Å²) >= 11 is 0. The van der Waals surface area contributed by atoms with Crippen LogP contribution in [-0.4, -0.2) is 62.5 Å². The molecule has 2 unspecified atom stereocenters. The lowest BCUT2D eigenvalue weighted by molar-refractivity contribution is -0.142. The second-order valence-electron chi connectivity index (χ2n) is 6.83. The standard InChI is InChI=1S/C20H29BN4O4S/c1-5-14(11-15(6-2)17(7-3)19(22)23-8-4)12-18(20(26)27)25-10-9-16(13-25)24-30(21,28)29/h5-8,11,16,18,24H,1-4,9-10,12-13,21H2,(H2,22,23)(H,26,27)/b14-11+,17-15+. The number of likely N-dealkylation sites (tertiary alicyclic amines) is 1. The van der Waals surface area contributed by atoms with Gasteiger partial charge in [0.05, 0.1) is 0 Å². The number of aliphatic imine (C=N–C) groups is 1. The average Bonchev–Trinajstić information content (AvgIpc) is 3.10. The molecule has 30 heavy (non-hydrogen) atoms. The number of nitrogens with one attached hydrogen (secondary N) is 1. The van der Waals surface area contributed by atoms with Gasteiger partial charge in [0.15, 0.2) is 9.87 Å². The molecule has 1 saturated heterocycles. The molecular weight excluding hydrogens is 403 g/mol. The van der Waals surface area contributed by atoms with Gasteiger partial charge in [-0.1, -0.05) is 50.6 Å². The summed E-state index contributed by atoms with van der Waals surface area (Å²) in [5.41, 5.74) is 7.74. The minimum Gasteiger partial charge on any atom is -0.480 e. The Balaban J connectivity index is 3.16. The number of rotatable bonds is 12. The van der Waals surface area contributed by atoms with Gasteiger partial charge in [-0.2, -0.15) is 0 Å². The molecule has 0 amide bonds. The van der Waals surface area contributed by atoms with E-state index in [4.69, 9.17) is 5.73 Å². The summed E-state index contributed by atoms with van der Waals surface area (Å²) in [5, 5.41) is 9.76. The van der Waals surface area contributed by atoms with Gasteiger partial charge in [0.1, 0.15) is 11.9 Å². The quantitative estimate of drug-likeness (QED) is 0.180. The predicted octanol–water partition coefficient (Wildman–Crippen LogP) is 0.653. The van der Waals surface area contributed by atoms with Crippen molar-refractivity contribution >= 4 is 28.8 Å². The molecule has 1 fully saturated rings. The van der Waals surface area contributed by atoms with E-state index in [9.17, 15) is 18.3 Å². The van der Waals surface area contributed by atoms with Gasteiger partial charge in [0.25, 0.3) is 7.12 Å². The van der Waals surface area contributed by atoms with E-state index in [1.54, 1.807) is 23.1 Å². The van der Waals surface area contributed by atoms with E-state index < -0.39 is 21.9 Å². The molecule has 0 aromatic carbocycles. The zero-order chi connectivity index (χ0) is 22.9. The van der Waals surface area contributed by atoms with Gasteiger partial charge in [-0.25, -0.2) is 18.1 Å². The summed E-state index contributed by atoms with van der Waals surface area (Å²) < 4.78 is 25.4. The second-order valence-corrected chi connectivity index (χ2v) is 8.61. The van der Waals surface area contributed by atoms with Crippen molar-refractivity contribution in [2.75, 3.05) is 13.1 Å². The Bertz CT molecular complexity index is 906. The molecule has 4 N–H and O–H groups in total. The highest BCUT2D eigenvalue weighted by molar-refractivity contribution is 8.10. The molecule has 0 bridgehead atoms. The number of allylic oxidation sites excluding steroid dienone is 4. The summed E-state index contributed by atoms with van der Waals surface area (Å²) in [4.78, 5) is 17.6. The highest BCUT2D eigenvalue weighted by Crippen LogP contribution is 2.22. The van der Waals surface area contributed by atoms with Gasteiger partial charge in [0, 0.05) is 30.9 Å². The Morgan fingerprint density at radius 2 is 1.97 bits per heavy atom. The highest BCUT2D eigenvalue weighted by Gasteiger charge is 2.33. The van der Waals surface area contributed by atoms with Crippen LogP contribution >= 0.6 is 0 Å². The molecule has 0 radical (unpaired) electrons. The van der Waals surface area contributed by atoms with Crippen LogP contribution in [0.25, 0.3) is 0 Å². The number of amidine groups is 1. The van der Waals surface area contributed by atoms with E-state index in [2.05, 4.69) is 36.0 Å².